The Morgan fingerprint density at radius 2 is 1.87 bits per heavy atom. The lowest BCUT2D eigenvalue weighted by Gasteiger charge is -2.25. The van der Waals surface area contributed by atoms with Gasteiger partial charge < -0.3 is 18.6 Å². The van der Waals surface area contributed by atoms with Gasteiger partial charge in [0.2, 0.25) is 5.91 Å². The minimum Gasteiger partial charge on any atom is -0.467 e. The van der Waals surface area contributed by atoms with E-state index in [4.69, 9.17) is 9.15 Å². The Bertz CT molecular complexity index is 917. The van der Waals surface area contributed by atoms with Gasteiger partial charge in [-0.05, 0) is 43.9 Å². The number of aromatic nitrogens is 1. The Hall–Kier alpha value is -2.83. The monoisotopic (exact) mass is 416 g/mol. The van der Waals surface area contributed by atoms with E-state index in [0.717, 1.165) is 0 Å². The van der Waals surface area contributed by atoms with Crippen molar-refractivity contribution in [2.45, 2.75) is 61.1 Å². The van der Waals surface area contributed by atoms with Gasteiger partial charge in [0.1, 0.15) is 11.5 Å². The van der Waals surface area contributed by atoms with Gasteiger partial charge in [0, 0.05) is 24.2 Å². The van der Waals surface area contributed by atoms with E-state index in [2.05, 4.69) is 0 Å². The number of furan rings is 1. The fourth-order valence-corrected chi connectivity index (χ4v) is 3.70. The summed E-state index contributed by atoms with van der Waals surface area (Å²) in [5.41, 5.74) is 1.90. The standard InChI is InChI=1S/C23H32N2O5/c1-8-25-16(3)20(15(2)21(25)22(28)29-7)18(26)14-24(13-17-10-9-11-30-17)19(27)12-23(4,5)6/h9-11H,8,12-14H2,1-7H3. The van der Waals surface area contributed by atoms with Crippen LogP contribution in [0.4, 0.5) is 0 Å². The number of Topliss-reactive ketones (excluding diaryl/α,β-unsaturated/α-hetero) is 1. The molecule has 0 spiro atoms. The lowest BCUT2D eigenvalue weighted by atomic mass is 9.91. The summed E-state index contributed by atoms with van der Waals surface area (Å²) >= 11 is 0. The maximum Gasteiger partial charge on any atom is 0.354 e. The molecule has 2 aromatic rings. The van der Waals surface area contributed by atoms with Crippen molar-refractivity contribution in [3.8, 4) is 0 Å². The number of esters is 1. The molecule has 2 aromatic heterocycles. The number of hydrogen-bond acceptors (Lipinski definition) is 5. The molecule has 7 nitrogen and oxygen atoms in total. The van der Waals surface area contributed by atoms with Crippen molar-refractivity contribution in [3.63, 3.8) is 0 Å². The summed E-state index contributed by atoms with van der Waals surface area (Å²) in [5.74, 6) is -0.200. The Kier molecular flexibility index (Phi) is 7.29. The van der Waals surface area contributed by atoms with Gasteiger partial charge in [-0.1, -0.05) is 20.8 Å². The molecular weight excluding hydrogens is 384 g/mol. The van der Waals surface area contributed by atoms with Gasteiger partial charge in [-0.2, -0.15) is 0 Å². The number of carbonyl (C=O) groups is 3. The number of nitrogens with zero attached hydrogens (tertiary/aromatic N) is 2. The fourth-order valence-electron chi connectivity index (χ4n) is 3.70. The van der Waals surface area contributed by atoms with Gasteiger partial charge in [0.25, 0.3) is 0 Å². The van der Waals surface area contributed by atoms with Crippen molar-refractivity contribution in [2.75, 3.05) is 13.7 Å². The molecule has 1 amide bonds. The van der Waals surface area contributed by atoms with Crippen LogP contribution in [0.1, 0.15) is 72.0 Å². The second kappa shape index (κ2) is 9.32. The molecule has 2 heterocycles. The van der Waals surface area contributed by atoms with Gasteiger partial charge in [0.15, 0.2) is 5.78 Å². The highest BCUT2D eigenvalue weighted by Crippen LogP contribution is 2.25. The van der Waals surface area contributed by atoms with E-state index < -0.39 is 5.97 Å². The molecule has 0 unspecified atom stereocenters. The third-order valence-corrected chi connectivity index (χ3v) is 5.04. The summed E-state index contributed by atoms with van der Waals surface area (Å²) < 4.78 is 12.1. The fraction of sp³-hybridized carbons (Fsp3) is 0.522. The number of methoxy groups -OCH3 is 1. The van der Waals surface area contributed by atoms with Crippen LogP contribution in [0.25, 0.3) is 0 Å². The average Bonchev–Trinajstić information content (AvgIpc) is 3.24. The summed E-state index contributed by atoms with van der Waals surface area (Å²) in [6.45, 7) is 12.1. The summed E-state index contributed by atoms with van der Waals surface area (Å²) in [5, 5.41) is 0. The van der Waals surface area contributed by atoms with Crippen LogP contribution in [0.3, 0.4) is 0 Å². The van der Waals surface area contributed by atoms with Gasteiger partial charge in [-0.3, -0.25) is 9.59 Å². The number of amides is 1. The Labute approximate surface area is 178 Å². The first kappa shape index (κ1) is 23.4. The highest BCUT2D eigenvalue weighted by Gasteiger charge is 2.29. The van der Waals surface area contributed by atoms with Crippen molar-refractivity contribution in [1.82, 2.24) is 9.47 Å². The number of ketones is 1. The molecule has 0 fully saturated rings. The van der Waals surface area contributed by atoms with Crippen LogP contribution in [-0.4, -0.2) is 40.8 Å². The van der Waals surface area contributed by atoms with E-state index in [1.807, 2.05) is 34.6 Å². The van der Waals surface area contributed by atoms with E-state index in [0.29, 0.717) is 41.2 Å². The normalized spacial score (nSPS) is 11.4. The van der Waals surface area contributed by atoms with E-state index >= 15 is 0 Å². The van der Waals surface area contributed by atoms with Gasteiger partial charge in [-0.25, -0.2) is 4.79 Å². The summed E-state index contributed by atoms with van der Waals surface area (Å²) in [6, 6.07) is 3.53. The van der Waals surface area contributed by atoms with Crippen LogP contribution in [0.5, 0.6) is 0 Å². The molecule has 0 N–H and O–H groups in total. The second-order valence-corrected chi connectivity index (χ2v) is 8.66. The van der Waals surface area contributed by atoms with Crippen molar-refractivity contribution in [2.24, 2.45) is 5.41 Å². The number of rotatable bonds is 8. The molecule has 0 saturated carbocycles. The third-order valence-electron chi connectivity index (χ3n) is 5.04. The van der Waals surface area contributed by atoms with Crippen LogP contribution in [0.15, 0.2) is 22.8 Å². The van der Waals surface area contributed by atoms with Crippen LogP contribution in [0.2, 0.25) is 0 Å². The zero-order valence-corrected chi connectivity index (χ0v) is 19.0. The SMILES string of the molecule is CCn1c(C)c(C(=O)CN(Cc2ccco2)C(=O)CC(C)(C)C)c(C)c1C(=O)OC. The van der Waals surface area contributed by atoms with E-state index in [-0.39, 0.29) is 30.2 Å². The minimum absolute atomic E-state index is 0.0916. The van der Waals surface area contributed by atoms with E-state index in [1.165, 1.54) is 12.0 Å². The third kappa shape index (κ3) is 5.20. The molecule has 0 aliphatic carbocycles. The van der Waals surface area contributed by atoms with Crippen molar-refractivity contribution < 1.29 is 23.5 Å². The predicted molar refractivity (Wildman–Crippen MR) is 113 cm³/mol. The highest BCUT2D eigenvalue weighted by molar-refractivity contribution is 6.04. The van der Waals surface area contributed by atoms with Crippen molar-refractivity contribution >= 4 is 17.7 Å². The van der Waals surface area contributed by atoms with E-state index in [1.54, 1.807) is 29.9 Å². The molecule has 2 rings (SSSR count). The Balaban J connectivity index is 2.38. The zero-order chi connectivity index (χ0) is 22.6. The number of ether oxygens (including phenoxy) is 1. The molecule has 0 aromatic carbocycles. The first-order valence-electron chi connectivity index (χ1n) is 10.1. The van der Waals surface area contributed by atoms with Crippen molar-refractivity contribution in [1.29, 1.82) is 0 Å². The molecule has 0 saturated heterocycles. The molecule has 30 heavy (non-hydrogen) atoms. The number of carbonyl (C=O) groups excluding carboxylic acids is 3. The molecule has 0 bridgehead atoms. The van der Waals surface area contributed by atoms with Crippen LogP contribution >= 0.6 is 0 Å². The largest absolute Gasteiger partial charge is 0.467 e. The quantitative estimate of drug-likeness (QED) is 0.477. The molecule has 164 valence electrons. The zero-order valence-electron chi connectivity index (χ0n) is 19.0. The molecule has 0 aliphatic rings. The predicted octanol–water partition coefficient (Wildman–Crippen LogP) is 4.15. The maximum absolute atomic E-state index is 13.3. The average molecular weight is 417 g/mol. The number of hydrogen-bond donors (Lipinski definition) is 0. The van der Waals surface area contributed by atoms with Crippen molar-refractivity contribution in [3.05, 3.63) is 46.7 Å². The summed E-state index contributed by atoms with van der Waals surface area (Å²) in [4.78, 5) is 40.0. The molecule has 0 radical (unpaired) electrons. The molecule has 7 heteroatoms. The summed E-state index contributed by atoms with van der Waals surface area (Å²) in [6.07, 6.45) is 1.85. The second-order valence-electron chi connectivity index (χ2n) is 8.66. The first-order chi connectivity index (χ1) is 14.0. The Morgan fingerprint density at radius 3 is 2.37 bits per heavy atom. The van der Waals surface area contributed by atoms with Gasteiger partial charge in [-0.15, -0.1) is 0 Å². The van der Waals surface area contributed by atoms with Gasteiger partial charge in [0.05, 0.1) is 26.5 Å². The molecule has 0 aliphatic heterocycles. The van der Waals surface area contributed by atoms with E-state index in [9.17, 15) is 14.4 Å². The van der Waals surface area contributed by atoms with Gasteiger partial charge >= 0.3 is 5.97 Å². The lowest BCUT2D eigenvalue weighted by molar-refractivity contribution is -0.133. The van der Waals surface area contributed by atoms with Crippen LogP contribution in [-0.2, 0) is 22.6 Å². The molecular formula is C23H32N2O5. The summed E-state index contributed by atoms with van der Waals surface area (Å²) in [7, 11) is 1.32. The topological polar surface area (TPSA) is 81.8 Å². The molecule has 0 atom stereocenters. The highest BCUT2D eigenvalue weighted by atomic mass is 16.5. The maximum atomic E-state index is 13.3. The van der Waals surface area contributed by atoms with Crippen LogP contribution in [0, 0.1) is 19.3 Å². The Morgan fingerprint density at radius 1 is 1.20 bits per heavy atom. The van der Waals surface area contributed by atoms with Crippen LogP contribution < -0.4 is 0 Å². The smallest absolute Gasteiger partial charge is 0.354 e. The lowest BCUT2D eigenvalue weighted by Crippen LogP contribution is -2.37. The first-order valence-corrected chi connectivity index (χ1v) is 10.1. The minimum atomic E-state index is -0.479.